The minimum atomic E-state index is 0.684. The third-order valence-electron chi connectivity index (χ3n) is 6.27. The van der Waals surface area contributed by atoms with E-state index in [1.807, 2.05) is 30.5 Å². The number of nitrogens with zero attached hydrogens (tertiary/aromatic N) is 2. The molecule has 0 fully saturated rings. The summed E-state index contributed by atoms with van der Waals surface area (Å²) in [5, 5.41) is 8.96. The second-order valence-electron chi connectivity index (χ2n) is 8.95. The van der Waals surface area contributed by atoms with Crippen molar-refractivity contribution in [1.82, 2.24) is 0 Å². The maximum Gasteiger partial charge on any atom is 0.0991 e. The lowest BCUT2D eigenvalue weighted by atomic mass is 9.99. The Balaban J connectivity index is 1.35. The van der Waals surface area contributed by atoms with Crippen LogP contribution in [0.25, 0.3) is 11.1 Å². The van der Waals surface area contributed by atoms with Gasteiger partial charge in [-0.1, -0.05) is 93.1 Å². The van der Waals surface area contributed by atoms with Gasteiger partial charge in [-0.15, -0.1) is 0 Å². The summed E-state index contributed by atoms with van der Waals surface area (Å²) in [6.07, 6.45) is 5.16. The summed E-state index contributed by atoms with van der Waals surface area (Å²) in [6, 6.07) is 35.7. The fourth-order valence-corrected chi connectivity index (χ4v) is 3.92. The highest BCUT2D eigenvalue weighted by Crippen LogP contribution is 2.22. The number of rotatable bonds is 8. The summed E-state index contributed by atoms with van der Waals surface area (Å²) in [5.41, 5.74) is 8.98. The molecular weight excluding hydrogens is 412 g/mol. The number of aliphatic imine (C=N–C) groups is 1. The van der Waals surface area contributed by atoms with E-state index >= 15 is 0 Å². The summed E-state index contributed by atoms with van der Waals surface area (Å²) < 4.78 is 0. The normalized spacial score (nSPS) is 11.9. The summed E-state index contributed by atoms with van der Waals surface area (Å²) in [4.78, 5) is 4.64. The average molecular weight is 443 g/mol. The second-order valence-corrected chi connectivity index (χ2v) is 8.95. The van der Waals surface area contributed by atoms with Gasteiger partial charge in [0.15, 0.2) is 0 Å². The molecule has 4 aromatic carbocycles. The van der Waals surface area contributed by atoms with Gasteiger partial charge >= 0.3 is 0 Å². The maximum atomic E-state index is 8.96. The molecule has 34 heavy (non-hydrogen) atoms. The van der Waals surface area contributed by atoms with E-state index in [2.05, 4.69) is 97.7 Å². The molecule has 4 aromatic rings. The molecule has 0 saturated carbocycles. The highest BCUT2D eigenvalue weighted by molar-refractivity contribution is 5.82. The molecular formula is C32H30N2. The van der Waals surface area contributed by atoms with Gasteiger partial charge in [-0.3, -0.25) is 4.99 Å². The van der Waals surface area contributed by atoms with Crippen LogP contribution in [0.4, 0.5) is 5.69 Å². The van der Waals surface area contributed by atoms with Crippen molar-refractivity contribution in [2.45, 2.75) is 33.1 Å². The standard InChI is InChI=1S/C32H30N2/c1-3-24(2)20-25-12-18-32(19-13-25)34-23-29-6-4-26(5-7-29)21-27-8-14-30(15-9-27)31-16-10-28(22-33)11-17-31/h4-19,23-24H,3,20-21H2,1-2H3/t24-/m1/s1. The maximum absolute atomic E-state index is 8.96. The van der Waals surface area contributed by atoms with Crippen molar-refractivity contribution in [2.75, 3.05) is 0 Å². The Labute approximate surface area is 203 Å². The highest BCUT2D eigenvalue weighted by Gasteiger charge is 2.02. The molecule has 0 amide bonds. The largest absolute Gasteiger partial charge is 0.256 e. The molecule has 0 spiro atoms. The number of hydrogen-bond donors (Lipinski definition) is 0. The lowest BCUT2D eigenvalue weighted by Gasteiger charge is -2.08. The van der Waals surface area contributed by atoms with E-state index in [0.717, 1.165) is 35.2 Å². The van der Waals surface area contributed by atoms with Crippen LogP contribution < -0.4 is 0 Å². The Hall–Kier alpha value is -3.96. The first-order valence-electron chi connectivity index (χ1n) is 11.9. The zero-order valence-electron chi connectivity index (χ0n) is 19.9. The van der Waals surface area contributed by atoms with E-state index < -0.39 is 0 Å². The Morgan fingerprint density at radius 3 is 1.82 bits per heavy atom. The van der Waals surface area contributed by atoms with Gasteiger partial charge in [0, 0.05) is 6.21 Å². The molecule has 0 radical (unpaired) electrons. The van der Waals surface area contributed by atoms with Crippen molar-refractivity contribution < 1.29 is 0 Å². The lowest BCUT2D eigenvalue weighted by Crippen LogP contribution is -1.96. The highest BCUT2D eigenvalue weighted by atomic mass is 14.7. The van der Waals surface area contributed by atoms with Crippen LogP contribution in [-0.2, 0) is 12.8 Å². The zero-order chi connectivity index (χ0) is 23.8. The molecule has 2 nitrogen and oxygen atoms in total. The molecule has 0 aliphatic carbocycles. The Bertz CT molecular complexity index is 1260. The van der Waals surface area contributed by atoms with Crippen LogP contribution >= 0.6 is 0 Å². The molecule has 0 saturated heterocycles. The first-order chi connectivity index (χ1) is 16.6. The monoisotopic (exact) mass is 442 g/mol. The number of benzene rings is 4. The van der Waals surface area contributed by atoms with Gasteiger partial charge in [-0.05, 0) is 76.4 Å². The quantitative estimate of drug-likeness (QED) is 0.254. The van der Waals surface area contributed by atoms with E-state index in [-0.39, 0.29) is 0 Å². The summed E-state index contributed by atoms with van der Waals surface area (Å²) in [5.74, 6) is 0.716. The summed E-state index contributed by atoms with van der Waals surface area (Å²) in [7, 11) is 0. The smallest absolute Gasteiger partial charge is 0.0991 e. The van der Waals surface area contributed by atoms with Gasteiger partial charge < -0.3 is 0 Å². The van der Waals surface area contributed by atoms with Crippen LogP contribution in [0.15, 0.2) is 102 Å². The molecule has 0 heterocycles. The van der Waals surface area contributed by atoms with E-state index in [0.29, 0.717) is 11.5 Å². The SMILES string of the molecule is CC[C@@H](C)Cc1ccc(N=Cc2ccc(Cc3ccc(-c4ccc(C#N)cc4)cc3)cc2)cc1. The molecule has 0 bridgehead atoms. The lowest BCUT2D eigenvalue weighted by molar-refractivity contribution is 0.560. The Morgan fingerprint density at radius 2 is 1.26 bits per heavy atom. The van der Waals surface area contributed by atoms with Crippen molar-refractivity contribution in [1.29, 1.82) is 5.26 Å². The van der Waals surface area contributed by atoms with Gasteiger partial charge in [0.1, 0.15) is 0 Å². The molecule has 0 aliphatic rings. The predicted octanol–water partition coefficient (Wildman–Crippen LogP) is 8.16. The average Bonchev–Trinajstić information content (AvgIpc) is 2.89. The van der Waals surface area contributed by atoms with E-state index in [9.17, 15) is 0 Å². The van der Waals surface area contributed by atoms with Gasteiger partial charge in [0.25, 0.3) is 0 Å². The van der Waals surface area contributed by atoms with Gasteiger partial charge in [0.05, 0.1) is 17.3 Å². The fourth-order valence-electron chi connectivity index (χ4n) is 3.92. The van der Waals surface area contributed by atoms with Gasteiger partial charge in [0.2, 0.25) is 0 Å². The Morgan fingerprint density at radius 1 is 0.735 bits per heavy atom. The topological polar surface area (TPSA) is 36.1 Å². The molecule has 4 rings (SSSR count). The van der Waals surface area contributed by atoms with Crippen LogP contribution in [0, 0.1) is 17.2 Å². The number of hydrogen-bond acceptors (Lipinski definition) is 2. The molecule has 2 heteroatoms. The van der Waals surface area contributed by atoms with Crippen molar-refractivity contribution in [3.63, 3.8) is 0 Å². The van der Waals surface area contributed by atoms with Crippen molar-refractivity contribution in [3.05, 3.63) is 125 Å². The molecule has 0 unspecified atom stereocenters. The van der Waals surface area contributed by atoms with Gasteiger partial charge in [-0.25, -0.2) is 0 Å². The van der Waals surface area contributed by atoms with Crippen LogP contribution in [0.5, 0.6) is 0 Å². The van der Waals surface area contributed by atoms with E-state index in [4.69, 9.17) is 5.26 Å². The van der Waals surface area contributed by atoms with Crippen LogP contribution in [0.2, 0.25) is 0 Å². The van der Waals surface area contributed by atoms with Crippen molar-refractivity contribution in [3.8, 4) is 17.2 Å². The second kappa shape index (κ2) is 11.3. The summed E-state index contributed by atoms with van der Waals surface area (Å²) >= 11 is 0. The predicted molar refractivity (Wildman–Crippen MR) is 143 cm³/mol. The summed E-state index contributed by atoms with van der Waals surface area (Å²) in [6.45, 7) is 4.53. The van der Waals surface area contributed by atoms with Crippen molar-refractivity contribution in [2.24, 2.45) is 10.9 Å². The van der Waals surface area contributed by atoms with Crippen LogP contribution in [0.1, 0.15) is 48.1 Å². The van der Waals surface area contributed by atoms with Crippen molar-refractivity contribution >= 4 is 11.9 Å². The van der Waals surface area contributed by atoms with E-state index in [1.165, 1.54) is 23.1 Å². The molecule has 0 N–H and O–H groups in total. The first-order valence-corrected chi connectivity index (χ1v) is 11.9. The third-order valence-corrected chi connectivity index (χ3v) is 6.27. The van der Waals surface area contributed by atoms with Crippen LogP contribution in [0.3, 0.4) is 0 Å². The third kappa shape index (κ3) is 6.30. The molecule has 0 aliphatic heterocycles. The van der Waals surface area contributed by atoms with Crippen LogP contribution in [-0.4, -0.2) is 6.21 Å². The van der Waals surface area contributed by atoms with Gasteiger partial charge in [-0.2, -0.15) is 5.26 Å². The molecule has 1 atom stereocenters. The zero-order valence-corrected chi connectivity index (χ0v) is 19.9. The minimum Gasteiger partial charge on any atom is -0.256 e. The Kier molecular flexibility index (Phi) is 7.68. The molecule has 0 aromatic heterocycles. The molecule has 168 valence electrons. The first kappa shape index (κ1) is 23.2. The van der Waals surface area contributed by atoms with E-state index in [1.54, 1.807) is 0 Å². The minimum absolute atomic E-state index is 0.684. The fraction of sp³-hybridized carbons (Fsp3) is 0.188. The number of nitriles is 1.